The standard InChI is InChI=1S/C14H14O3S2/c1-15-11-3-7-13(8-4-11)18-17-19-14-9-5-12(16-2)6-10-14/h3-10H,1-2H3. The molecular weight excluding hydrogens is 280 g/mol. The third-order valence-corrected chi connectivity index (χ3v) is 3.85. The molecule has 2 aromatic carbocycles. The van der Waals surface area contributed by atoms with Crippen molar-refractivity contribution in [3.63, 3.8) is 0 Å². The fourth-order valence-corrected chi connectivity index (χ4v) is 2.62. The van der Waals surface area contributed by atoms with Crippen LogP contribution in [0.5, 0.6) is 11.5 Å². The van der Waals surface area contributed by atoms with E-state index in [1.807, 2.05) is 48.5 Å². The minimum absolute atomic E-state index is 0.840. The predicted molar refractivity (Wildman–Crippen MR) is 78.8 cm³/mol. The Hall–Kier alpha value is -1.30. The largest absolute Gasteiger partial charge is 0.497 e. The molecule has 0 amide bonds. The van der Waals surface area contributed by atoms with E-state index in [0.29, 0.717) is 0 Å². The average molecular weight is 294 g/mol. The van der Waals surface area contributed by atoms with Crippen LogP contribution in [0.25, 0.3) is 0 Å². The lowest BCUT2D eigenvalue weighted by Crippen LogP contribution is -1.82. The van der Waals surface area contributed by atoms with Gasteiger partial charge in [-0.3, -0.25) is 0 Å². The molecule has 0 saturated carbocycles. The van der Waals surface area contributed by atoms with Gasteiger partial charge >= 0.3 is 0 Å². The zero-order chi connectivity index (χ0) is 13.5. The Morgan fingerprint density at radius 3 is 1.32 bits per heavy atom. The molecule has 0 aliphatic heterocycles. The van der Waals surface area contributed by atoms with Crippen LogP contribution < -0.4 is 9.47 Å². The summed E-state index contributed by atoms with van der Waals surface area (Å²) in [5.74, 6) is 1.68. The summed E-state index contributed by atoms with van der Waals surface area (Å²) >= 11 is 2.64. The van der Waals surface area contributed by atoms with Gasteiger partial charge in [-0.2, -0.15) is 0 Å². The molecule has 0 aliphatic rings. The maximum atomic E-state index is 5.50. The number of benzene rings is 2. The number of hydrogen-bond acceptors (Lipinski definition) is 5. The highest BCUT2D eigenvalue weighted by Crippen LogP contribution is 2.31. The number of hydrogen-bond donors (Lipinski definition) is 0. The predicted octanol–water partition coefficient (Wildman–Crippen LogP) is 4.43. The monoisotopic (exact) mass is 294 g/mol. The summed E-state index contributed by atoms with van der Waals surface area (Å²) in [6, 6.07) is 15.5. The van der Waals surface area contributed by atoms with Crippen molar-refractivity contribution in [2.75, 3.05) is 14.2 Å². The second-order valence-corrected chi connectivity index (χ2v) is 5.41. The Morgan fingerprint density at radius 2 is 1.00 bits per heavy atom. The van der Waals surface area contributed by atoms with Gasteiger partial charge in [-0.15, -0.1) is 0 Å². The summed E-state index contributed by atoms with van der Waals surface area (Å²) in [7, 11) is 3.30. The minimum atomic E-state index is 0.840. The molecule has 3 nitrogen and oxygen atoms in total. The van der Waals surface area contributed by atoms with Gasteiger partial charge in [0, 0.05) is 33.9 Å². The summed E-state index contributed by atoms with van der Waals surface area (Å²) in [6.07, 6.45) is 0. The SMILES string of the molecule is COc1ccc(SOSc2ccc(OC)cc2)cc1. The highest BCUT2D eigenvalue weighted by atomic mass is 32.2. The van der Waals surface area contributed by atoms with E-state index in [1.165, 1.54) is 24.1 Å². The van der Waals surface area contributed by atoms with Crippen molar-refractivity contribution in [1.82, 2.24) is 0 Å². The lowest BCUT2D eigenvalue weighted by Gasteiger charge is -2.04. The van der Waals surface area contributed by atoms with Crippen molar-refractivity contribution >= 4 is 24.1 Å². The molecule has 0 heterocycles. The molecule has 0 saturated heterocycles. The fraction of sp³-hybridized carbons (Fsp3) is 0.143. The van der Waals surface area contributed by atoms with E-state index in [9.17, 15) is 0 Å². The van der Waals surface area contributed by atoms with Crippen molar-refractivity contribution in [2.45, 2.75) is 9.79 Å². The minimum Gasteiger partial charge on any atom is -0.497 e. The third-order valence-electron chi connectivity index (χ3n) is 2.38. The molecule has 0 bridgehead atoms. The van der Waals surface area contributed by atoms with Crippen LogP contribution in [0.15, 0.2) is 58.3 Å². The summed E-state index contributed by atoms with van der Waals surface area (Å²) in [5.41, 5.74) is 0. The molecule has 5 heteroatoms. The van der Waals surface area contributed by atoms with Gasteiger partial charge in [0.05, 0.1) is 14.2 Å². The van der Waals surface area contributed by atoms with Crippen molar-refractivity contribution < 1.29 is 13.1 Å². The van der Waals surface area contributed by atoms with E-state index < -0.39 is 0 Å². The van der Waals surface area contributed by atoms with Crippen molar-refractivity contribution in [2.24, 2.45) is 0 Å². The number of ether oxygens (including phenoxy) is 2. The topological polar surface area (TPSA) is 27.7 Å². The molecule has 0 unspecified atom stereocenters. The molecule has 0 spiro atoms. The average Bonchev–Trinajstić information content (AvgIpc) is 2.49. The maximum Gasteiger partial charge on any atom is 0.118 e. The first kappa shape index (κ1) is 14.1. The molecule has 0 radical (unpaired) electrons. The summed E-state index contributed by atoms with van der Waals surface area (Å²) in [6.45, 7) is 0. The molecule has 100 valence electrons. The second kappa shape index (κ2) is 7.33. The van der Waals surface area contributed by atoms with Crippen LogP contribution in [0.2, 0.25) is 0 Å². The zero-order valence-corrected chi connectivity index (χ0v) is 12.3. The van der Waals surface area contributed by atoms with E-state index in [-0.39, 0.29) is 0 Å². The first-order chi connectivity index (χ1) is 9.31. The van der Waals surface area contributed by atoms with E-state index in [4.69, 9.17) is 13.1 Å². The van der Waals surface area contributed by atoms with E-state index >= 15 is 0 Å². The van der Waals surface area contributed by atoms with Crippen LogP contribution in [0.3, 0.4) is 0 Å². The first-order valence-corrected chi connectivity index (χ1v) is 7.09. The van der Waals surface area contributed by atoms with Gasteiger partial charge in [-0.05, 0) is 48.5 Å². The van der Waals surface area contributed by atoms with Gasteiger partial charge in [0.2, 0.25) is 0 Å². The molecule has 0 fully saturated rings. The van der Waals surface area contributed by atoms with Crippen molar-refractivity contribution in [3.8, 4) is 11.5 Å². The van der Waals surface area contributed by atoms with Gasteiger partial charge < -0.3 is 9.47 Å². The number of methoxy groups -OCH3 is 2. The smallest absolute Gasteiger partial charge is 0.118 e. The quantitative estimate of drug-likeness (QED) is 0.735. The molecular formula is C14H14O3S2. The van der Waals surface area contributed by atoms with Gasteiger partial charge in [0.25, 0.3) is 0 Å². The maximum absolute atomic E-state index is 5.50. The molecule has 0 atom stereocenters. The van der Waals surface area contributed by atoms with Crippen molar-refractivity contribution in [1.29, 1.82) is 0 Å². The zero-order valence-electron chi connectivity index (χ0n) is 10.7. The molecule has 2 aromatic rings. The van der Waals surface area contributed by atoms with Crippen molar-refractivity contribution in [3.05, 3.63) is 48.5 Å². The highest BCUT2D eigenvalue weighted by Gasteiger charge is 1.99. The number of rotatable bonds is 6. The van der Waals surface area contributed by atoms with Crippen LogP contribution in [0, 0.1) is 0 Å². The van der Waals surface area contributed by atoms with Crippen LogP contribution >= 0.6 is 24.1 Å². The van der Waals surface area contributed by atoms with Gasteiger partial charge in [0.15, 0.2) is 0 Å². The molecule has 0 N–H and O–H groups in total. The van der Waals surface area contributed by atoms with Crippen LogP contribution in [-0.2, 0) is 3.63 Å². The summed E-state index contributed by atoms with van der Waals surface area (Å²) < 4.78 is 15.7. The van der Waals surface area contributed by atoms with E-state index in [2.05, 4.69) is 0 Å². The molecule has 0 aromatic heterocycles. The van der Waals surface area contributed by atoms with E-state index in [1.54, 1.807) is 14.2 Å². The molecule has 19 heavy (non-hydrogen) atoms. The summed E-state index contributed by atoms with van der Waals surface area (Å²) in [5, 5.41) is 0. The van der Waals surface area contributed by atoms with Gasteiger partial charge in [-0.1, -0.05) is 0 Å². The van der Waals surface area contributed by atoms with Crippen LogP contribution in [-0.4, -0.2) is 14.2 Å². The fourth-order valence-electron chi connectivity index (χ4n) is 1.36. The summed E-state index contributed by atoms with van der Waals surface area (Å²) in [4.78, 5) is 2.06. The Kier molecular flexibility index (Phi) is 5.44. The Bertz CT molecular complexity index is 450. The normalized spacial score (nSPS) is 10.2. The third kappa shape index (κ3) is 4.38. The Balaban J connectivity index is 1.81. The van der Waals surface area contributed by atoms with E-state index in [0.717, 1.165) is 21.3 Å². The second-order valence-electron chi connectivity index (χ2n) is 3.59. The van der Waals surface area contributed by atoms with Crippen LogP contribution in [0.1, 0.15) is 0 Å². The molecule has 0 aliphatic carbocycles. The Labute approximate surface area is 121 Å². The van der Waals surface area contributed by atoms with Gasteiger partial charge in [0.1, 0.15) is 11.5 Å². The van der Waals surface area contributed by atoms with Gasteiger partial charge in [-0.25, -0.2) is 3.63 Å². The lowest BCUT2D eigenvalue weighted by atomic mass is 10.3. The highest BCUT2D eigenvalue weighted by molar-refractivity contribution is 8.07. The Morgan fingerprint density at radius 1 is 0.632 bits per heavy atom. The van der Waals surface area contributed by atoms with Crippen LogP contribution in [0.4, 0.5) is 0 Å². The lowest BCUT2D eigenvalue weighted by molar-refractivity contribution is 0.414. The molecule has 2 rings (SSSR count). The first-order valence-electron chi connectivity index (χ1n) is 5.61.